The van der Waals surface area contributed by atoms with Crippen LogP contribution in [-0.2, 0) is 0 Å². The molecule has 1 aliphatic heterocycles. The van der Waals surface area contributed by atoms with Crippen molar-refractivity contribution in [2.75, 3.05) is 13.1 Å². The van der Waals surface area contributed by atoms with Crippen LogP contribution in [0.3, 0.4) is 0 Å². The number of hydrogen-bond donors (Lipinski definition) is 0. The van der Waals surface area contributed by atoms with Gasteiger partial charge in [0.1, 0.15) is 22.3 Å². The molecule has 3 aromatic rings. The summed E-state index contributed by atoms with van der Waals surface area (Å²) in [6.07, 6.45) is 1.38. The summed E-state index contributed by atoms with van der Waals surface area (Å²) in [5, 5.41) is 1.13. The smallest absolute Gasteiger partial charge is 0.349 e. The van der Waals surface area contributed by atoms with Crippen molar-refractivity contribution < 1.29 is 13.9 Å². The van der Waals surface area contributed by atoms with Crippen LogP contribution in [0.4, 0.5) is 0 Å². The number of hydrogen-bond acceptors (Lipinski definition) is 5. The SMILES string of the molecule is O=C(c1cc2ccccc2oc1=O)N1CC(Oc2ncccc2Cl)C1. The zero-order valence-electron chi connectivity index (χ0n) is 13.0. The van der Waals surface area contributed by atoms with Gasteiger partial charge in [0, 0.05) is 11.6 Å². The lowest BCUT2D eigenvalue weighted by Crippen LogP contribution is -2.56. The Kier molecular flexibility index (Phi) is 3.89. The third-order valence-corrected chi connectivity index (χ3v) is 4.30. The molecule has 1 aliphatic rings. The molecule has 6 nitrogen and oxygen atoms in total. The van der Waals surface area contributed by atoms with Crippen LogP contribution < -0.4 is 10.4 Å². The summed E-state index contributed by atoms with van der Waals surface area (Å²) in [5.41, 5.74) is -0.160. The lowest BCUT2D eigenvalue weighted by Gasteiger charge is -2.38. The van der Waals surface area contributed by atoms with Crippen molar-refractivity contribution >= 4 is 28.5 Å². The van der Waals surface area contributed by atoms with Crippen molar-refractivity contribution in [1.29, 1.82) is 0 Å². The van der Waals surface area contributed by atoms with Gasteiger partial charge in [0.2, 0.25) is 5.88 Å². The van der Waals surface area contributed by atoms with E-state index in [1.165, 1.54) is 4.90 Å². The van der Waals surface area contributed by atoms with Crippen LogP contribution in [0, 0.1) is 0 Å². The van der Waals surface area contributed by atoms with Gasteiger partial charge in [-0.05, 0) is 24.3 Å². The molecule has 0 spiro atoms. The minimum atomic E-state index is -0.638. The predicted octanol–water partition coefficient (Wildman–Crippen LogP) is 2.74. The minimum Gasteiger partial charge on any atom is -0.470 e. The van der Waals surface area contributed by atoms with Crippen LogP contribution in [0.25, 0.3) is 11.0 Å². The number of pyridine rings is 1. The summed E-state index contributed by atoms with van der Waals surface area (Å²) in [5.74, 6) is -0.0297. The number of carbonyl (C=O) groups is 1. The zero-order chi connectivity index (χ0) is 17.4. The molecule has 1 saturated heterocycles. The zero-order valence-corrected chi connectivity index (χ0v) is 13.8. The van der Waals surface area contributed by atoms with Gasteiger partial charge in [-0.25, -0.2) is 9.78 Å². The van der Waals surface area contributed by atoms with Crippen LogP contribution in [0.2, 0.25) is 5.02 Å². The third-order valence-electron chi connectivity index (χ3n) is 4.01. The molecule has 7 heteroatoms. The number of nitrogens with zero attached hydrogens (tertiary/aromatic N) is 2. The van der Waals surface area contributed by atoms with Gasteiger partial charge < -0.3 is 14.1 Å². The normalized spacial score (nSPS) is 14.4. The van der Waals surface area contributed by atoms with Gasteiger partial charge in [-0.3, -0.25) is 4.79 Å². The van der Waals surface area contributed by atoms with Crippen molar-refractivity contribution in [3.05, 3.63) is 69.7 Å². The molecule has 0 radical (unpaired) electrons. The Morgan fingerprint density at radius 3 is 2.84 bits per heavy atom. The fourth-order valence-corrected chi connectivity index (χ4v) is 2.84. The largest absolute Gasteiger partial charge is 0.470 e. The molecule has 0 N–H and O–H groups in total. The second kappa shape index (κ2) is 6.22. The molecule has 4 rings (SSSR count). The third kappa shape index (κ3) is 2.96. The second-order valence-electron chi connectivity index (χ2n) is 5.73. The Labute approximate surface area is 147 Å². The first-order valence-corrected chi connectivity index (χ1v) is 8.09. The molecule has 0 bridgehead atoms. The molecule has 2 aromatic heterocycles. The van der Waals surface area contributed by atoms with Gasteiger partial charge in [-0.15, -0.1) is 0 Å². The van der Waals surface area contributed by atoms with Crippen LogP contribution in [0.1, 0.15) is 10.4 Å². The molecule has 1 fully saturated rings. The average molecular weight is 357 g/mol. The summed E-state index contributed by atoms with van der Waals surface area (Å²) in [7, 11) is 0. The number of rotatable bonds is 3. The van der Waals surface area contributed by atoms with Crippen molar-refractivity contribution in [2.24, 2.45) is 0 Å². The highest BCUT2D eigenvalue weighted by molar-refractivity contribution is 6.31. The lowest BCUT2D eigenvalue weighted by molar-refractivity contribution is 0.0158. The van der Waals surface area contributed by atoms with Crippen LogP contribution in [0.5, 0.6) is 5.88 Å². The highest BCUT2D eigenvalue weighted by Crippen LogP contribution is 2.24. The van der Waals surface area contributed by atoms with Gasteiger partial charge >= 0.3 is 5.63 Å². The molecular formula is C18H13ClN2O4. The number of likely N-dealkylation sites (tertiary alicyclic amines) is 1. The number of ether oxygens (including phenoxy) is 1. The summed E-state index contributed by atoms with van der Waals surface area (Å²) in [6, 6.07) is 12.0. The van der Waals surface area contributed by atoms with E-state index in [0.29, 0.717) is 35.0 Å². The van der Waals surface area contributed by atoms with E-state index in [1.807, 2.05) is 6.07 Å². The Morgan fingerprint density at radius 2 is 2.04 bits per heavy atom. The number of para-hydroxylation sites is 1. The Morgan fingerprint density at radius 1 is 1.24 bits per heavy atom. The molecule has 3 heterocycles. The Balaban J connectivity index is 1.48. The number of aromatic nitrogens is 1. The standard InChI is InChI=1S/C18H13ClN2O4/c19-14-5-3-7-20-16(14)24-12-9-21(10-12)17(22)13-8-11-4-1-2-6-15(11)25-18(13)23/h1-8,12H,9-10H2. The van der Waals surface area contributed by atoms with E-state index in [2.05, 4.69) is 4.98 Å². The summed E-state index contributed by atoms with van der Waals surface area (Å²) >= 11 is 6.00. The molecule has 1 aromatic carbocycles. The van der Waals surface area contributed by atoms with Crippen LogP contribution in [0.15, 0.2) is 57.9 Å². The van der Waals surface area contributed by atoms with E-state index < -0.39 is 5.63 Å². The number of carbonyl (C=O) groups excluding carboxylic acids is 1. The van der Waals surface area contributed by atoms with E-state index in [0.717, 1.165) is 0 Å². The van der Waals surface area contributed by atoms with Gasteiger partial charge in [0.25, 0.3) is 5.91 Å². The van der Waals surface area contributed by atoms with Gasteiger partial charge in [0.15, 0.2) is 0 Å². The van der Waals surface area contributed by atoms with Crippen molar-refractivity contribution in [2.45, 2.75) is 6.10 Å². The molecule has 0 atom stereocenters. The molecule has 25 heavy (non-hydrogen) atoms. The highest BCUT2D eigenvalue weighted by Gasteiger charge is 2.34. The molecule has 0 aliphatic carbocycles. The fraction of sp³-hybridized carbons (Fsp3) is 0.167. The molecule has 0 unspecified atom stereocenters. The van der Waals surface area contributed by atoms with E-state index in [4.69, 9.17) is 20.8 Å². The van der Waals surface area contributed by atoms with Gasteiger partial charge in [-0.2, -0.15) is 0 Å². The number of benzene rings is 1. The summed E-state index contributed by atoms with van der Waals surface area (Å²) in [4.78, 5) is 30.2. The van der Waals surface area contributed by atoms with Crippen molar-refractivity contribution in [3.63, 3.8) is 0 Å². The molecule has 0 saturated carbocycles. The fourth-order valence-electron chi connectivity index (χ4n) is 2.68. The molecule has 1 amide bonds. The minimum absolute atomic E-state index is 0.0213. The van der Waals surface area contributed by atoms with Crippen molar-refractivity contribution in [3.8, 4) is 5.88 Å². The van der Waals surface area contributed by atoms with Crippen LogP contribution >= 0.6 is 11.6 Å². The van der Waals surface area contributed by atoms with Crippen LogP contribution in [-0.4, -0.2) is 35.0 Å². The van der Waals surface area contributed by atoms with E-state index >= 15 is 0 Å². The maximum absolute atomic E-state index is 12.5. The maximum Gasteiger partial charge on any atom is 0.349 e. The molecular weight excluding hydrogens is 344 g/mol. The number of amides is 1. The first kappa shape index (κ1) is 15.7. The monoisotopic (exact) mass is 356 g/mol. The number of fused-ring (bicyclic) bond motifs is 1. The van der Waals surface area contributed by atoms with Crippen molar-refractivity contribution in [1.82, 2.24) is 9.88 Å². The van der Waals surface area contributed by atoms with Gasteiger partial charge in [0.05, 0.1) is 13.1 Å². The Hall–Kier alpha value is -2.86. The summed E-state index contributed by atoms with van der Waals surface area (Å²) in [6.45, 7) is 0.718. The highest BCUT2D eigenvalue weighted by atomic mass is 35.5. The van der Waals surface area contributed by atoms with E-state index in [9.17, 15) is 9.59 Å². The quantitative estimate of drug-likeness (QED) is 0.675. The topological polar surface area (TPSA) is 72.6 Å². The molecule has 126 valence electrons. The number of halogens is 1. The average Bonchev–Trinajstić information content (AvgIpc) is 2.58. The predicted molar refractivity (Wildman–Crippen MR) is 92.1 cm³/mol. The lowest BCUT2D eigenvalue weighted by atomic mass is 10.1. The van der Waals surface area contributed by atoms with E-state index in [1.54, 1.807) is 42.6 Å². The first-order chi connectivity index (χ1) is 12.1. The Bertz CT molecular complexity index is 1010. The van der Waals surface area contributed by atoms with E-state index in [-0.39, 0.29) is 17.6 Å². The first-order valence-electron chi connectivity index (χ1n) is 7.71. The van der Waals surface area contributed by atoms with Gasteiger partial charge in [-0.1, -0.05) is 29.8 Å². The maximum atomic E-state index is 12.5. The summed E-state index contributed by atoms with van der Waals surface area (Å²) < 4.78 is 10.9. The second-order valence-corrected chi connectivity index (χ2v) is 6.13.